The maximum atomic E-state index is 11.8. The summed E-state index contributed by atoms with van der Waals surface area (Å²) in [4.78, 5) is 11.8. The minimum atomic E-state index is -0.893. The monoisotopic (exact) mass is 312 g/mol. The van der Waals surface area contributed by atoms with E-state index in [4.69, 9.17) is 6.42 Å². The molecule has 4 rings (SSSR count). The van der Waals surface area contributed by atoms with Gasteiger partial charge >= 0.3 is 0 Å². The lowest BCUT2D eigenvalue weighted by atomic mass is 9.49. The van der Waals surface area contributed by atoms with E-state index < -0.39 is 5.60 Å². The van der Waals surface area contributed by atoms with Crippen LogP contribution < -0.4 is 0 Å². The number of aliphatic hydroxyl groups is 1. The number of hydrogen-bond donors (Lipinski definition) is 1. The molecule has 0 saturated heterocycles. The number of hydrogen-bond acceptors (Lipinski definition) is 2. The quantitative estimate of drug-likeness (QED) is 0.746. The van der Waals surface area contributed by atoms with Crippen LogP contribution >= 0.6 is 0 Å². The van der Waals surface area contributed by atoms with Gasteiger partial charge in [0, 0.05) is 11.8 Å². The summed E-state index contributed by atoms with van der Waals surface area (Å²) in [5.74, 6) is 5.73. The molecule has 0 aromatic heterocycles. The summed E-state index contributed by atoms with van der Waals surface area (Å²) in [5.41, 5.74) is 0.474. The first-order valence-electron chi connectivity index (χ1n) is 9.48. The molecule has 0 aromatic rings. The first-order chi connectivity index (χ1) is 11.0. The van der Waals surface area contributed by atoms with Crippen molar-refractivity contribution < 1.29 is 9.90 Å². The molecule has 3 saturated carbocycles. The second-order valence-corrected chi connectivity index (χ2v) is 8.40. The van der Waals surface area contributed by atoms with E-state index >= 15 is 0 Å². The van der Waals surface area contributed by atoms with Crippen LogP contribution in [0.1, 0.15) is 64.7 Å². The van der Waals surface area contributed by atoms with E-state index in [1.807, 2.05) is 6.08 Å². The molecular weight excluding hydrogens is 284 g/mol. The highest BCUT2D eigenvalue weighted by Gasteiger charge is 2.63. The Labute approximate surface area is 139 Å². The van der Waals surface area contributed by atoms with Gasteiger partial charge in [-0.15, -0.1) is 6.42 Å². The van der Waals surface area contributed by atoms with Crippen molar-refractivity contribution in [3.8, 4) is 12.3 Å². The van der Waals surface area contributed by atoms with Crippen LogP contribution in [0.5, 0.6) is 0 Å². The Morgan fingerprint density at radius 1 is 1.22 bits per heavy atom. The molecule has 124 valence electrons. The third-order valence-electron chi connectivity index (χ3n) is 8.02. The summed E-state index contributed by atoms with van der Waals surface area (Å²) in [6.45, 7) is 2.22. The molecule has 23 heavy (non-hydrogen) atoms. The topological polar surface area (TPSA) is 37.3 Å². The highest BCUT2D eigenvalue weighted by molar-refractivity contribution is 5.91. The van der Waals surface area contributed by atoms with Crippen molar-refractivity contribution in [2.45, 2.75) is 70.3 Å². The fraction of sp³-hybridized carbons (Fsp3) is 0.762. The lowest BCUT2D eigenvalue weighted by Crippen LogP contribution is -2.53. The highest BCUT2D eigenvalue weighted by Crippen LogP contribution is 2.66. The molecule has 0 spiro atoms. The number of terminal acetylenes is 1. The average molecular weight is 312 g/mol. The van der Waals surface area contributed by atoms with Gasteiger partial charge in [-0.3, -0.25) is 4.79 Å². The molecule has 0 radical (unpaired) electrons. The summed E-state index contributed by atoms with van der Waals surface area (Å²) in [6.07, 6.45) is 16.9. The summed E-state index contributed by atoms with van der Waals surface area (Å²) in [7, 11) is 0. The normalized spacial score (nSPS) is 48.7. The zero-order chi connectivity index (χ0) is 16.2. The molecule has 0 heterocycles. The van der Waals surface area contributed by atoms with Crippen LogP contribution in [-0.2, 0) is 4.79 Å². The van der Waals surface area contributed by atoms with Crippen molar-refractivity contribution in [3.63, 3.8) is 0 Å². The van der Waals surface area contributed by atoms with Crippen molar-refractivity contribution >= 4 is 5.78 Å². The number of fused-ring (bicyclic) bond motifs is 5. The first-order valence-corrected chi connectivity index (χ1v) is 9.48. The second kappa shape index (κ2) is 5.21. The van der Waals surface area contributed by atoms with Gasteiger partial charge in [0.2, 0.25) is 0 Å². The van der Waals surface area contributed by atoms with E-state index in [1.165, 1.54) is 18.4 Å². The van der Waals surface area contributed by atoms with Crippen LogP contribution in [0.15, 0.2) is 11.6 Å². The van der Waals surface area contributed by atoms with Crippen molar-refractivity contribution in [2.24, 2.45) is 29.1 Å². The molecular formula is C21H28O2. The fourth-order valence-electron chi connectivity index (χ4n) is 6.96. The molecule has 2 heteroatoms. The van der Waals surface area contributed by atoms with Crippen molar-refractivity contribution in [3.05, 3.63) is 11.6 Å². The Balaban J connectivity index is 1.67. The van der Waals surface area contributed by atoms with Gasteiger partial charge in [-0.25, -0.2) is 0 Å². The van der Waals surface area contributed by atoms with Gasteiger partial charge in [-0.2, -0.15) is 0 Å². The molecule has 0 amide bonds. The Morgan fingerprint density at radius 2 is 2.04 bits per heavy atom. The second-order valence-electron chi connectivity index (χ2n) is 8.40. The molecule has 1 N–H and O–H groups in total. The average Bonchev–Trinajstić information content (AvgIpc) is 2.88. The van der Waals surface area contributed by atoms with E-state index in [9.17, 15) is 9.90 Å². The summed E-state index contributed by atoms with van der Waals surface area (Å²) in [6, 6.07) is 0. The maximum Gasteiger partial charge on any atom is 0.155 e. The summed E-state index contributed by atoms with van der Waals surface area (Å²) < 4.78 is 0. The smallest absolute Gasteiger partial charge is 0.155 e. The molecule has 6 atom stereocenters. The van der Waals surface area contributed by atoms with Crippen LogP contribution in [0.2, 0.25) is 0 Å². The Kier molecular flexibility index (Phi) is 3.50. The molecule has 3 fully saturated rings. The molecule has 4 aliphatic rings. The predicted molar refractivity (Wildman–Crippen MR) is 90.5 cm³/mol. The van der Waals surface area contributed by atoms with Gasteiger partial charge in [-0.1, -0.05) is 18.4 Å². The number of allylic oxidation sites excluding steroid dienone is 1. The number of ketones is 1. The molecule has 2 nitrogen and oxygen atoms in total. The number of carbonyl (C=O) groups excluding carboxylic acids is 1. The number of carbonyl (C=O) groups is 1. The Morgan fingerprint density at radius 3 is 2.78 bits per heavy atom. The van der Waals surface area contributed by atoms with Crippen LogP contribution in [0.3, 0.4) is 0 Å². The number of rotatable bonds is 1. The Bertz CT molecular complexity index is 597. The van der Waals surface area contributed by atoms with Crippen LogP contribution in [0, 0.1) is 41.4 Å². The molecule has 0 aliphatic heterocycles. The maximum absolute atomic E-state index is 11.8. The molecule has 4 aliphatic carbocycles. The SMILES string of the molecule is C#C[C@]1(O)CCC2C3CCC4=CC(=O)CCC4C3CC[C@@]21CC. The minimum Gasteiger partial charge on any atom is -0.377 e. The van der Waals surface area contributed by atoms with Crippen molar-refractivity contribution in [1.29, 1.82) is 0 Å². The van der Waals surface area contributed by atoms with E-state index in [1.54, 1.807) is 0 Å². The van der Waals surface area contributed by atoms with E-state index in [0.717, 1.165) is 44.9 Å². The van der Waals surface area contributed by atoms with Gasteiger partial charge in [0.25, 0.3) is 0 Å². The highest BCUT2D eigenvalue weighted by atomic mass is 16.3. The zero-order valence-electron chi connectivity index (χ0n) is 14.2. The van der Waals surface area contributed by atoms with Crippen molar-refractivity contribution in [2.75, 3.05) is 0 Å². The lowest BCUT2D eigenvalue weighted by molar-refractivity contribution is -0.117. The van der Waals surface area contributed by atoms with Gasteiger partial charge in [0.1, 0.15) is 5.60 Å². The van der Waals surface area contributed by atoms with Crippen molar-refractivity contribution in [1.82, 2.24) is 0 Å². The van der Waals surface area contributed by atoms with Crippen LogP contribution in [0.25, 0.3) is 0 Å². The van der Waals surface area contributed by atoms with Crippen LogP contribution in [0.4, 0.5) is 0 Å². The third-order valence-corrected chi connectivity index (χ3v) is 8.02. The van der Waals surface area contributed by atoms with E-state index in [2.05, 4.69) is 12.8 Å². The largest absolute Gasteiger partial charge is 0.377 e. The third kappa shape index (κ3) is 1.96. The van der Waals surface area contributed by atoms with Gasteiger partial charge in [0.05, 0.1) is 0 Å². The predicted octanol–water partition coefficient (Wildman–Crippen LogP) is 3.88. The summed E-state index contributed by atoms with van der Waals surface area (Å²) >= 11 is 0. The van der Waals surface area contributed by atoms with Gasteiger partial charge < -0.3 is 5.11 Å². The summed E-state index contributed by atoms with van der Waals surface area (Å²) in [5, 5.41) is 11.1. The minimum absolute atomic E-state index is 0.0609. The standard InChI is InChI=1S/C21H28O2/c1-3-20-11-9-17-16-8-6-15(22)13-14(16)5-7-18(17)19(20)10-12-21(20,23)4-2/h2,13,16-19,23H,3,5-12H2,1H3/t16?,17?,18?,19?,20-,21-/m0/s1. The molecule has 0 bridgehead atoms. The van der Waals surface area contributed by atoms with Gasteiger partial charge in [0.15, 0.2) is 5.78 Å². The van der Waals surface area contributed by atoms with Crippen LogP contribution in [-0.4, -0.2) is 16.5 Å². The van der Waals surface area contributed by atoms with E-state index in [0.29, 0.717) is 29.5 Å². The van der Waals surface area contributed by atoms with Gasteiger partial charge in [-0.05, 0) is 81.1 Å². The van der Waals surface area contributed by atoms with E-state index in [-0.39, 0.29) is 5.41 Å². The first kappa shape index (κ1) is 15.5. The zero-order valence-corrected chi connectivity index (χ0v) is 14.2. The fourth-order valence-corrected chi connectivity index (χ4v) is 6.96. The Hall–Kier alpha value is -1.07. The molecule has 4 unspecified atom stereocenters. The lowest BCUT2D eigenvalue weighted by Gasteiger charge is -2.55. The molecule has 0 aromatic carbocycles.